The summed E-state index contributed by atoms with van der Waals surface area (Å²) in [6.45, 7) is 0. The van der Waals surface area contributed by atoms with Crippen molar-refractivity contribution in [3.63, 3.8) is 0 Å². The molecule has 0 bridgehead atoms. The molecular weight excluding hydrogens is 153 g/mol. The van der Waals surface area contributed by atoms with E-state index in [1.54, 1.807) is 0 Å². The van der Waals surface area contributed by atoms with Crippen molar-refractivity contribution in [2.45, 2.75) is 44.2 Å². The van der Waals surface area contributed by atoms with E-state index in [-0.39, 0.29) is 0 Å². The van der Waals surface area contributed by atoms with Crippen molar-refractivity contribution >= 4 is 0 Å². The van der Waals surface area contributed by atoms with E-state index in [4.69, 9.17) is 0 Å². The van der Waals surface area contributed by atoms with E-state index in [0.717, 1.165) is 19.3 Å². The number of rotatable bonds is 0. The molecule has 2 saturated carbocycles. The van der Waals surface area contributed by atoms with Gasteiger partial charge in [0.1, 0.15) is 0 Å². The zero-order valence-corrected chi connectivity index (χ0v) is 6.25. The highest BCUT2D eigenvalue weighted by Crippen LogP contribution is 2.68. The molecule has 2 aliphatic rings. The molecule has 3 heteroatoms. The summed E-state index contributed by atoms with van der Waals surface area (Å²) in [7, 11) is 0. The van der Waals surface area contributed by atoms with Gasteiger partial charge < -0.3 is 0 Å². The summed E-state index contributed by atoms with van der Waals surface area (Å²) in [6.07, 6.45) is 1.48. The summed E-state index contributed by atoms with van der Waals surface area (Å²) in [5, 5.41) is 0. The first kappa shape index (κ1) is 7.44. The Balaban J connectivity index is 2.13. The molecule has 0 aliphatic heterocycles. The molecule has 0 aromatic rings. The predicted octanol–water partition coefficient (Wildman–Crippen LogP) is 2.92. The van der Waals surface area contributed by atoms with Crippen LogP contribution >= 0.6 is 0 Å². The maximum Gasteiger partial charge on any atom is 0.287 e. The van der Waals surface area contributed by atoms with Crippen LogP contribution < -0.4 is 0 Å². The fraction of sp³-hybridized carbons (Fsp3) is 1.00. The monoisotopic (exact) mass is 164 g/mol. The van der Waals surface area contributed by atoms with Crippen molar-refractivity contribution in [3.05, 3.63) is 0 Å². The van der Waals surface area contributed by atoms with Gasteiger partial charge in [0.15, 0.2) is 6.17 Å². The molecular formula is C8H11F3. The molecule has 11 heavy (non-hydrogen) atoms. The Bertz CT molecular complexity index is 170. The van der Waals surface area contributed by atoms with Crippen molar-refractivity contribution in [2.75, 3.05) is 0 Å². The largest absolute Gasteiger partial charge is 0.287 e. The lowest BCUT2D eigenvalue weighted by atomic mass is 9.86. The lowest BCUT2D eigenvalue weighted by molar-refractivity contribution is 0.0413. The fourth-order valence-corrected chi connectivity index (χ4v) is 2.23. The van der Waals surface area contributed by atoms with Crippen LogP contribution in [0.1, 0.15) is 32.1 Å². The van der Waals surface area contributed by atoms with Gasteiger partial charge in [0.2, 0.25) is 0 Å². The van der Waals surface area contributed by atoms with Crippen LogP contribution in [0.4, 0.5) is 13.2 Å². The number of halogens is 3. The van der Waals surface area contributed by atoms with E-state index in [9.17, 15) is 13.2 Å². The minimum Gasteiger partial charge on any atom is -0.240 e. The highest BCUT2D eigenvalue weighted by atomic mass is 19.3. The van der Waals surface area contributed by atoms with E-state index in [0.29, 0.717) is 12.8 Å². The van der Waals surface area contributed by atoms with Crippen molar-refractivity contribution < 1.29 is 13.2 Å². The van der Waals surface area contributed by atoms with Crippen LogP contribution in [0.15, 0.2) is 0 Å². The van der Waals surface area contributed by atoms with Crippen molar-refractivity contribution in [1.29, 1.82) is 0 Å². The minimum absolute atomic E-state index is 0.390. The van der Waals surface area contributed by atoms with Crippen molar-refractivity contribution in [3.8, 4) is 0 Å². The van der Waals surface area contributed by atoms with Gasteiger partial charge in [-0.15, -0.1) is 0 Å². The Labute approximate surface area is 63.8 Å². The number of hydrogen-bond acceptors (Lipinski definition) is 0. The number of hydrogen-bond donors (Lipinski definition) is 0. The second kappa shape index (κ2) is 1.93. The summed E-state index contributed by atoms with van der Waals surface area (Å²) in [4.78, 5) is 0. The van der Waals surface area contributed by atoms with Gasteiger partial charge >= 0.3 is 0 Å². The Morgan fingerprint density at radius 1 is 1.00 bits per heavy atom. The molecule has 1 atom stereocenters. The van der Waals surface area contributed by atoms with Gasteiger partial charge in [0.25, 0.3) is 5.92 Å². The predicted molar refractivity (Wildman–Crippen MR) is 35.4 cm³/mol. The van der Waals surface area contributed by atoms with E-state index in [1.165, 1.54) is 0 Å². The molecule has 0 aromatic carbocycles. The molecule has 0 nitrogen and oxygen atoms in total. The molecule has 0 radical (unpaired) electrons. The molecule has 0 amide bonds. The topological polar surface area (TPSA) is 0 Å². The van der Waals surface area contributed by atoms with E-state index in [1.807, 2.05) is 0 Å². The first-order valence-electron chi connectivity index (χ1n) is 4.13. The maximum absolute atomic E-state index is 12.7. The Morgan fingerprint density at radius 2 is 1.45 bits per heavy atom. The molecule has 1 spiro atoms. The average molecular weight is 164 g/mol. The molecule has 2 fully saturated rings. The van der Waals surface area contributed by atoms with Gasteiger partial charge in [-0.3, -0.25) is 0 Å². The Kier molecular flexibility index (Phi) is 1.31. The molecule has 0 N–H and O–H groups in total. The van der Waals surface area contributed by atoms with Gasteiger partial charge in [-0.2, -0.15) is 0 Å². The second-order valence-electron chi connectivity index (χ2n) is 3.70. The summed E-state index contributed by atoms with van der Waals surface area (Å²) in [6, 6.07) is 0. The van der Waals surface area contributed by atoms with Crippen molar-refractivity contribution in [1.82, 2.24) is 0 Å². The zero-order chi connectivity index (χ0) is 8.11. The normalized spacial score (nSPS) is 39.0. The third-order valence-electron chi connectivity index (χ3n) is 3.13. The van der Waals surface area contributed by atoms with Crippen LogP contribution in [0.2, 0.25) is 0 Å². The standard InChI is InChI=1S/C8H11F3/c9-6-7(8(6,10)11)4-2-1-3-5-7/h6H,1-5H2. The van der Waals surface area contributed by atoms with Crippen LogP contribution in [0.3, 0.4) is 0 Å². The summed E-state index contributed by atoms with van der Waals surface area (Å²) in [5.41, 5.74) is -1.22. The zero-order valence-electron chi connectivity index (χ0n) is 6.25. The van der Waals surface area contributed by atoms with E-state index in [2.05, 4.69) is 0 Å². The Morgan fingerprint density at radius 3 is 1.73 bits per heavy atom. The first-order valence-corrected chi connectivity index (χ1v) is 4.13. The summed E-state index contributed by atoms with van der Waals surface area (Å²) >= 11 is 0. The summed E-state index contributed by atoms with van der Waals surface area (Å²) < 4.78 is 38.1. The molecule has 0 heterocycles. The highest BCUT2D eigenvalue weighted by Gasteiger charge is 2.81. The van der Waals surface area contributed by atoms with Gasteiger partial charge in [0, 0.05) is 0 Å². The third-order valence-corrected chi connectivity index (χ3v) is 3.13. The molecule has 0 saturated heterocycles. The minimum atomic E-state index is -2.99. The van der Waals surface area contributed by atoms with E-state index < -0.39 is 17.5 Å². The van der Waals surface area contributed by atoms with Crippen LogP contribution in [-0.2, 0) is 0 Å². The first-order chi connectivity index (χ1) is 5.11. The van der Waals surface area contributed by atoms with Gasteiger partial charge in [-0.05, 0) is 12.8 Å². The highest BCUT2D eigenvalue weighted by molar-refractivity contribution is 5.20. The smallest absolute Gasteiger partial charge is 0.240 e. The molecule has 64 valence electrons. The Hall–Kier alpha value is -0.210. The van der Waals surface area contributed by atoms with Gasteiger partial charge in [-0.25, -0.2) is 13.2 Å². The van der Waals surface area contributed by atoms with Crippen LogP contribution in [0, 0.1) is 5.41 Å². The third kappa shape index (κ3) is 0.717. The lowest BCUT2D eigenvalue weighted by Gasteiger charge is -2.19. The van der Waals surface area contributed by atoms with Crippen LogP contribution in [0.5, 0.6) is 0 Å². The number of alkyl halides is 3. The lowest BCUT2D eigenvalue weighted by Crippen LogP contribution is -2.15. The average Bonchev–Trinajstić information content (AvgIpc) is 2.39. The van der Waals surface area contributed by atoms with Crippen LogP contribution in [0.25, 0.3) is 0 Å². The molecule has 2 rings (SSSR count). The molecule has 0 aromatic heterocycles. The summed E-state index contributed by atoms with van der Waals surface area (Å²) in [5.74, 6) is -2.99. The van der Waals surface area contributed by atoms with Gasteiger partial charge in [-0.1, -0.05) is 19.3 Å². The van der Waals surface area contributed by atoms with E-state index >= 15 is 0 Å². The van der Waals surface area contributed by atoms with Crippen molar-refractivity contribution in [2.24, 2.45) is 5.41 Å². The maximum atomic E-state index is 12.7. The second-order valence-corrected chi connectivity index (χ2v) is 3.70. The van der Waals surface area contributed by atoms with Crippen LogP contribution in [-0.4, -0.2) is 12.1 Å². The molecule has 1 unspecified atom stereocenters. The molecule has 2 aliphatic carbocycles. The fourth-order valence-electron chi connectivity index (χ4n) is 2.23. The van der Waals surface area contributed by atoms with Gasteiger partial charge in [0.05, 0.1) is 5.41 Å². The SMILES string of the molecule is FC1C(F)(F)C12CCCCC2. The quantitative estimate of drug-likeness (QED) is 0.516.